The number of carbonyl (C=O) groups is 1. The Balaban J connectivity index is 1.57. The third-order valence-corrected chi connectivity index (χ3v) is 8.50. The fourth-order valence-corrected chi connectivity index (χ4v) is 6.97. The Morgan fingerprint density at radius 3 is 2.50 bits per heavy atom. The molecule has 1 fully saturated rings. The third kappa shape index (κ3) is 6.27. The zero-order valence-electron chi connectivity index (χ0n) is 15.3. The third-order valence-electron chi connectivity index (χ3n) is 4.03. The number of hydrogen-bond donors (Lipinski definition) is 1. The van der Waals surface area contributed by atoms with Crippen LogP contribution in [0.1, 0.15) is 24.5 Å². The van der Waals surface area contributed by atoms with Crippen LogP contribution in [0.15, 0.2) is 56.5 Å². The lowest BCUT2D eigenvalue weighted by atomic mass is 10.2. The number of hydrogen-bond acceptors (Lipinski definition) is 5. The van der Waals surface area contributed by atoms with Crippen LogP contribution in [0.25, 0.3) is 0 Å². The van der Waals surface area contributed by atoms with Crippen molar-refractivity contribution in [3.05, 3.63) is 62.5 Å². The summed E-state index contributed by atoms with van der Waals surface area (Å²) < 4.78 is 7.52. The Labute approximate surface area is 190 Å². The molecule has 1 aliphatic heterocycles. The van der Waals surface area contributed by atoms with Crippen LogP contribution in [-0.4, -0.2) is 27.7 Å². The molecule has 0 saturated carbocycles. The van der Waals surface area contributed by atoms with E-state index in [1.807, 2.05) is 66.0 Å². The average Bonchev–Trinajstić information content (AvgIpc) is 3.08. The maximum atomic E-state index is 12.1. The van der Waals surface area contributed by atoms with E-state index in [0.29, 0.717) is 13.0 Å². The molecule has 148 valence electrons. The number of ether oxygens (including phenoxy) is 1. The number of amides is 1. The van der Waals surface area contributed by atoms with Crippen molar-refractivity contribution in [3.63, 3.8) is 0 Å². The molecule has 8 heteroatoms. The fourth-order valence-electron chi connectivity index (χ4n) is 2.69. The Hall–Kier alpha value is -0.960. The molecule has 1 aliphatic rings. The Bertz CT molecular complexity index is 834. The van der Waals surface area contributed by atoms with Gasteiger partial charge in [-0.3, -0.25) is 4.79 Å². The molecule has 28 heavy (non-hydrogen) atoms. The highest BCUT2D eigenvalue weighted by atomic mass is 79.9. The summed E-state index contributed by atoms with van der Waals surface area (Å²) in [7, 11) is 0. The van der Waals surface area contributed by atoms with Gasteiger partial charge in [0, 0.05) is 11.5 Å². The van der Waals surface area contributed by atoms with Crippen LogP contribution in [0.5, 0.6) is 5.75 Å². The number of rotatable bonds is 7. The van der Waals surface area contributed by atoms with Crippen molar-refractivity contribution in [2.75, 3.05) is 11.5 Å². The number of benzene rings is 2. The predicted octanol–water partition coefficient (Wildman–Crippen LogP) is 5.83. The van der Waals surface area contributed by atoms with Crippen molar-refractivity contribution in [3.8, 4) is 5.75 Å². The van der Waals surface area contributed by atoms with E-state index in [2.05, 4.69) is 49.3 Å². The monoisotopic (exact) mass is 542 g/mol. The minimum atomic E-state index is -0.0680. The molecule has 0 unspecified atom stereocenters. The molecule has 1 heterocycles. The molecular weight excluding hydrogens is 524 g/mol. The Kier molecular flexibility index (Phi) is 7.91. The van der Waals surface area contributed by atoms with Crippen molar-refractivity contribution >= 4 is 67.5 Å². The maximum absolute atomic E-state index is 12.1. The Morgan fingerprint density at radius 1 is 1.21 bits per heavy atom. The highest BCUT2D eigenvalue weighted by Gasteiger charge is 2.32. The van der Waals surface area contributed by atoms with E-state index in [1.165, 1.54) is 0 Å². The first kappa shape index (κ1) is 21.7. The molecule has 0 radical (unpaired) electrons. The van der Waals surface area contributed by atoms with E-state index in [0.717, 1.165) is 37.3 Å². The molecule has 0 aromatic heterocycles. The summed E-state index contributed by atoms with van der Waals surface area (Å²) in [5, 5.41) is 4.09. The van der Waals surface area contributed by atoms with Crippen LogP contribution in [0.2, 0.25) is 0 Å². The number of carbonyl (C=O) groups excluding carboxylic acids is 1. The molecule has 0 atom stereocenters. The first-order chi connectivity index (χ1) is 13.5. The van der Waals surface area contributed by atoms with E-state index in [-0.39, 0.29) is 9.99 Å². The predicted molar refractivity (Wildman–Crippen MR) is 126 cm³/mol. The number of thioether (sulfide) groups is 2. The molecule has 0 aliphatic carbocycles. The minimum Gasteiger partial charge on any atom is -0.487 e. The Morgan fingerprint density at radius 2 is 1.86 bits per heavy atom. The van der Waals surface area contributed by atoms with Gasteiger partial charge in [-0.05, 0) is 62.0 Å². The quantitative estimate of drug-likeness (QED) is 0.353. The zero-order chi connectivity index (χ0) is 20.0. The average molecular weight is 544 g/mol. The van der Waals surface area contributed by atoms with Crippen LogP contribution in [0.3, 0.4) is 0 Å². The number of nitrogens with one attached hydrogen (secondary N) is 1. The van der Waals surface area contributed by atoms with Gasteiger partial charge in [-0.15, -0.1) is 23.5 Å². The van der Waals surface area contributed by atoms with Gasteiger partial charge in [0.2, 0.25) is 5.91 Å². The van der Waals surface area contributed by atoms with Gasteiger partial charge in [0.25, 0.3) is 0 Å². The smallest absolute Gasteiger partial charge is 0.242 e. The number of hydrazone groups is 1. The summed E-state index contributed by atoms with van der Waals surface area (Å²) in [4.78, 5) is 12.1. The molecular formula is C20H20Br2N2O2S2. The van der Waals surface area contributed by atoms with Crippen molar-refractivity contribution in [2.45, 2.75) is 24.0 Å². The summed E-state index contributed by atoms with van der Waals surface area (Å²) >= 11 is 10.8. The van der Waals surface area contributed by atoms with Gasteiger partial charge >= 0.3 is 0 Å². The second kappa shape index (κ2) is 10.2. The van der Waals surface area contributed by atoms with Gasteiger partial charge in [0.1, 0.15) is 12.4 Å². The minimum absolute atomic E-state index is 0.0383. The van der Waals surface area contributed by atoms with Crippen molar-refractivity contribution in [1.82, 2.24) is 5.43 Å². The molecule has 1 N–H and O–H groups in total. The van der Waals surface area contributed by atoms with E-state index < -0.39 is 0 Å². The highest BCUT2D eigenvalue weighted by molar-refractivity contribution is 9.11. The first-order valence-electron chi connectivity index (χ1n) is 8.71. The highest BCUT2D eigenvalue weighted by Crippen LogP contribution is 2.45. The molecule has 0 spiro atoms. The van der Waals surface area contributed by atoms with Gasteiger partial charge < -0.3 is 4.74 Å². The lowest BCUT2D eigenvalue weighted by Gasteiger charge is -2.19. The van der Waals surface area contributed by atoms with Crippen LogP contribution in [0.4, 0.5) is 0 Å². The fraction of sp³-hybridized carbons (Fsp3) is 0.300. The molecule has 3 rings (SSSR count). The molecule has 1 amide bonds. The van der Waals surface area contributed by atoms with E-state index in [9.17, 15) is 4.79 Å². The topological polar surface area (TPSA) is 50.7 Å². The van der Waals surface area contributed by atoms with E-state index in [4.69, 9.17) is 4.74 Å². The zero-order valence-corrected chi connectivity index (χ0v) is 20.1. The van der Waals surface area contributed by atoms with Crippen molar-refractivity contribution in [1.29, 1.82) is 0 Å². The molecule has 1 saturated heterocycles. The second-order valence-corrected chi connectivity index (χ2v) is 11.6. The summed E-state index contributed by atoms with van der Waals surface area (Å²) in [5.41, 5.74) is 4.57. The lowest BCUT2D eigenvalue weighted by Crippen LogP contribution is -2.26. The second-order valence-electron chi connectivity index (χ2n) is 6.39. The van der Waals surface area contributed by atoms with Crippen LogP contribution in [-0.2, 0) is 11.4 Å². The summed E-state index contributed by atoms with van der Waals surface area (Å²) in [6.45, 7) is 2.59. The van der Waals surface area contributed by atoms with Gasteiger partial charge in [-0.1, -0.05) is 30.3 Å². The SMILES string of the molecule is CC1(CC(=O)N/N=C\c2cc(Br)c(OCc3ccccc3)c(Br)c2)SCCS1. The summed E-state index contributed by atoms with van der Waals surface area (Å²) in [6.07, 6.45) is 2.09. The molecule has 2 aromatic rings. The van der Waals surface area contributed by atoms with E-state index >= 15 is 0 Å². The van der Waals surface area contributed by atoms with Gasteiger partial charge in [0.15, 0.2) is 0 Å². The van der Waals surface area contributed by atoms with Gasteiger partial charge in [-0.2, -0.15) is 5.10 Å². The van der Waals surface area contributed by atoms with Gasteiger partial charge in [0.05, 0.1) is 25.7 Å². The standard InChI is InChI=1S/C20H20Br2N2O2S2/c1-20(27-7-8-28-20)11-18(25)24-23-12-15-9-16(21)19(17(22)10-15)26-13-14-5-3-2-4-6-14/h2-6,9-10,12H,7-8,11,13H2,1H3,(H,24,25)/b23-12-. The largest absolute Gasteiger partial charge is 0.487 e. The summed E-state index contributed by atoms with van der Waals surface area (Å²) in [5.74, 6) is 2.85. The molecule has 0 bridgehead atoms. The van der Waals surface area contributed by atoms with Crippen molar-refractivity contribution < 1.29 is 9.53 Å². The van der Waals surface area contributed by atoms with Crippen LogP contribution in [0, 0.1) is 0 Å². The normalized spacial score (nSPS) is 15.7. The van der Waals surface area contributed by atoms with Gasteiger partial charge in [-0.25, -0.2) is 5.43 Å². The molecule has 2 aromatic carbocycles. The first-order valence-corrected chi connectivity index (χ1v) is 12.3. The number of halogens is 2. The summed E-state index contributed by atoms with van der Waals surface area (Å²) in [6, 6.07) is 13.8. The number of nitrogens with zero attached hydrogens (tertiary/aromatic N) is 1. The van der Waals surface area contributed by atoms with E-state index in [1.54, 1.807) is 6.21 Å². The van der Waals surface area contributed by atoms with Crippen LogP contribution >= 0.6 is 55.4 Å². The molecule has 4 nitrogen and oxygen atoms in total. The maximum Gasteiger partial charge on any atom is 0.242 e. The van der Waals surface area contributed by atoms with Crippen LogP contribution < -0.4 is 10.2 Å². The lowest BCUT2D eigenvalue weighted by molar-refractivity contribution is -0.121. The van der Waals surface area contributed by atoms with Crippen molar-refractivity contribution in [2.24, 2.45) is 5.10 Å².